The molecule has 1 aromatic rings. The molecule has 4 rings (SSSR count). The molecule has 3 aliphatic rings. The zero-order chi connectivity index (χ0) is 13.0. The zero-order valence-electron chi connectivity index (χ0n) is 10.1. The van der Waals surface area contributed by atoms with Crippen LogP contribution in [0.3, 0.4) is 0 Å². The molecule has 1 aliphatic carbocycles. The van der Waals surface area contributed by atoms with E-state index in [0.717, 1.165) is 22.6 Å². The van der Waals surface area contributed by atoms with Crippen LogP contribution in [0.5, 0.6) is 0 Å². The van der Waals surface area contributed by atoms with Crippen LogP contribution >= 0.6 is 0 Å². The maximum absolute atomic E-state index is 11.3. The van der Waals surface area contributed by atoms with E-state index in [4.69, 9.17) is 0 Å². The number of hydrogen-bond donors (Lipinski definition) is 1. The normalized spacial score (nSPS) is 18.2. The summed E-state index contributed by atoms with van der Waals surface area (Å²) in [7, 11) is 0. The molecule has 2 aliphatic heterocycles. The molecular weight excluding hydrogens is 240 g/mol. The molecule has 0 aromatic heterocycles. The molecule has 0 saturated carbocycles. The number of allylic oxidation sites excluding steroid dienone is 2. The second-order valence-electron chi connectivity index (χ2n) is 4.75. The summed E-state index contributed by atoms with van der Waals surface area (Å²) in [5.41, 5.74) is 4.04. The van der Waals surface area contributed by atoms with E-state index in [2.05, 4.69) is 16.1 Å². The average Bonchev–Trinajstić information content (AvgIpc) is 3.06. The van der Waals surface area contributed by atoms with Gasteiger partial charge < -0.3 is 5.11 Å². The van der Waals surface area contributed by atoms with Crippen molar-refractivity contribution >= 4 is 17.8 Å². The molecule has 0 atom stereocenters. The highest BCUT2D eigenvalue weighted by atomic mass is 16.4. The van der Waals surface area contributed by atoms with Gasteiger partial charge >= 0.3 is 5.97 Å². The van der Waals surface area contributed by atoms with Crippen LogP contribution in [0.2, 0.25) is 0 Å². The highest BCUT2D eigenvalue weighted by molar-refractivity contribution is 5.95. The van der Waals surface area contributed by atoms with Gasteiger partial charge in [-0.15, -0.1) is 0 Å². The Kier molecular flexibility index (Phi) is 1.93. The smallest absolute Gasteiger partial charge is 0.356 e. The Morgan fingerprint density at radius 3 is 3.05 bits per heavy atom. The first kappa shape index (κ1) is 10.4. The van der Waals surface area contributed by atoms with Gasteiger partial charge in [-0.2, -0.15) is 0 Å². The number of benzene rings is 1. The SMILES string of the molecule is O=C(O)C1=C2N=c3ccc4c(c3=C2C=CCC=N1)C4. The fourth-order valence-electron chi connectivity index (χ4n) is 2.62. The van der Waals surface area contributed by atoms with Gasteiger partial charge in [0.15, 0.2) is 5.70 Å². The van der Waals surface area contributed by atoms with Gasteiger partial charge in [0.1, 0.15) is 5.70 Å². The Balaban J connectivity index is 2.15. The van der Waals surface area contributed by atoms with E-state index in [0.29, 0.717) is 12.1 Å². The van der Waals surface area contributed by atoms with Gasteiger partial charge in [-0.25, -0.2) is 9.79 Å². The maximum atomic E-state index is 11.3. The van der Waals surface area contributed by atoms with E-state index in [-0.39, 0.29) is 5.70 Å². The molecule has 4 nitrogen and oxygen atoms in total. The van der Waals surface area contributed by atoms with Crippen LogP contribution in [0.25, 0.3) is 5.57 Å². The molecule has 0 saturated heterocycles. The number of aliphatic imine (C=N–C) groups is 1. The fourth-order valence-corrected chi connectivity index (χ4v) is 2.62. The van der Waals surface area contributed by atoms with Crippen molar-refractivity contribution in [3.8, 4) is 0 Å². The summed E-state index contributed by atoms with van der Waals surface area (Å²) >= 11 is 0. The molecule has 0 spiro atoms. The first-order valence-electron chi connectivity index (χ1n) is 6.16. The van der Waals surface area contributed by atoms with Crippen molar-refractivity contribution in [1.29, 1.82) is 0 Å². The van der Waals surface area contributed by atoms with Gasteiger partial charge in [-0.05, 0) is 23.6 Å². The third-order valence-corrected chi connectivity index (χ3v) is 3.56. The number of aliphatic carboxylic acids is 1. The lowest BCUT2D eigenvalue weighted by Crippen LogP contribution is -2.22. The quantitative estimate of drug-likeness (QED) is 0.810. The van der Waals surface area contributed by atoms with Crippen molar-refractivity contribution in [3.63, 3.8) is 0 Å². The van der Waals surface area contributed by atoms with Crippen molar-refractivity contribution in [2.24, 2.45) is 9.98 Å². The topological polar surface area (TPSA) is 62.0 Å². The van der Waals surface area contributed by atoms with Crippen LogP contribution in [0, 0.1) is 0 Å². The minimum absolute atomic E-state index is 0.0324. The lowest BCUT2D eigenvalue weighted by atomic mass is 10.1. The van der Waals surface area contributed by atoms with Crippen LogP contribution in [0.1, 0.15) is 17.5 Å². The fraction of sp³-hybridized carbons (Fsp3) is 0.133. The number of carboxylic acid groups (broad SMARTS) is 1. The second kappa shape index (κ2) is 3.51. The van der Waals surface area contributed by atoms with Crippen molar-refractivity contribution in [3.05, 3.63) is 57.4 Å². The number of hydrogen-bond acceptors (Lipinski definition) is 3. The van der Waals surface area contributed by atoms with E-state index in [1.54, 1.807) is 6.21 Å². The summed E-state index contributed by atoms with van der Waals surface area (Å²) in [6, 6.07) is 4.02. The van der Waals surface area contributed by atoms with E-state index in [9.17, 15) is 9.90 Å². The van der Waals surface area contributed by atoms with Crippen LogP contribution in [-0.4, -0.2) is 17.3 Å². The van der Waals surface area contributed by atoms with E-state index in [1.807, 2.05) is 18.2 Å². The van der Waals surface area contributed by atoms with E-state index in [1.165, 1.54) is 11.1 Å². The summed E-state index contributed by atoms with van der Waals surface area (Å²) < 4.78 is 0. The third kappa shape index (κ3) is 1.43. The molecule has 2 heterocycles. The minimum Gasteiger partial charge on any atom is -0.476 e. The summed E-state index contributed by atoms with van der Waals surface area (Å²) in [4.78, 5) is 19.9. The monoisotopic (exact) mass is 250 g/mol. The highest BCUT2D eigenvalue weighted by Gasteiger charge is 2.27. The Morgan fingerprint density at radius 2 is 2.21 bits per heavy atom. The van der Waals surface area contributed by atoms with Crippen LogP contribution in [0.4, 0.5) is 0 Å². The molecular formula is C15H10N2O2. The summed E-state index contributed by atoms with van der Waals surface area (Å²) in [5, 5.41) is 11.3. The van der Waals surface area contributed by atoms with Gasteiger partial charge in [-0.1, -0.05) is 18.2 Å². The van der Waals surface area contributed by atoms with Crippen molar-refractivity contribution in [1.82, 2.24) is 0 Å². The van der Waals surface area contributed by atoms with Gasteiger partial charge in [0.2, 0.25) is 0 Å². The number of fused-ring (bicyclic) bond motifs is 4. The highest BCUT2D eigenvalue weighted by Crippen LogP contribution is 2.28. The molecule has 1 N–H and O–H groups in total. The molecule has 4 heteroatoms. The molecule has 19 heavy (non-hydrogen) atoms. The van der Waals surface area contributed by atoms with Gasteiger partial charge in [0.25, 0.3) is 0 Å². The molecule has 0 amide bonds. The number of nitrogens with zero attached hydrogens (tertiary/aromatic N) is 2. The Labute approximate surface area is 108 Å². The molecule has 92 valence electrons. The molecule has 1 aromatic carbocycles. The van der Waals surface area contributed by atoms with E-state index >= 15 is 0 Å². The Morgan fingerprint density at radius 1 is 1.32 bits per heavy atom. The average molecular weight is 250 g/mol. The summed E-state index contributed by atoms with van der Waals surface area (Å²) in [6.45, 7) is 0. The van der Waals surface area contributed by atoms with Gasteiger partial charge in [0.05, 0.1) is 5.36 Å². The molecule has 0 fully saturated rings. The maximum Gasteiger partial charge on any atom is 0.356 e. The number of carbonyl (C=O) groups is 1. The zero-order valence-corrected chi connectivity index (χ0v) is 10.1. The number of rotatable bonds is 1. The Bertz CT molecular complexity index is 842. The van der Waals surface area contributed by atoms with Gasteiger partial charge in [-0.3, -0.25) is 4.99 Å². The summed E-state index contributed by atoms with van der Waals surface area (Å²) in [6.07, 6.45) is 7.19. The van der Waals surface area contributed by atoms with Crippen LogP contribution < -0.4 is 10.6 Å². The largest absolute Gasteiger partial charge is 0.476 e. The first-order chi connectivity index (χ1) is 9.25. The third-order valence-electron chi connectivity index (χ3n) is 3.56. The van der Waals surface area contributed by atoms with Crippen LogP contribution in [-0.2, 0) is 11.2 Å². The van der Waals surface area contributed by atoms with Crippen molar-refractivity contribution in [2.75, 3.05) is 0 Å². The van der Waals surface area contributed by atoms with Crippen LogP contribution in [0.15, 0.2) is 45.7 Å². The predicted octanol–water partition coefficient (Wildman–Crippen LogP) is 0.702. The van der Waals surface area contributed by atoms with Crippen molar-refractivity contribution < 1.29 is 9.90 Å². The Hall–Kier alpha value is -2.49. The standard InChI is InChI=1S/C15H10N2O2/c18-15(19)14-13-9(3-1-2-6-16-14)12-10-7-8(10)4-5-11(12)17-13/h1,3-6H,2,7H2,(H,18,19). The van der Waals surface area contributed by atoms with Crippen molar-refractivity contribution in [2.45, 2.75) is 12.8 Å². The minimum atomic E-state index is -1.03. The molecule has 0 bridgehead atoms. The second-order valence-corrected chi connectivity index (χ2v) is 4.75. The van der Waals surface area contributed by atoms with Gasteiger partial charge in [0, 0.05) is 23.4 Å². The lowest BCUT2D eigenvalue weighted by Gasteiger charge is -2.04. The summed E-state index contributed by atoms with van der Waals surface area (Å²) in [5.74, 6) is -1.03. The molecule has 0 radical (unpaired) electrons. The number of carboxylic acids is 1. The van der Waals surface area contributed by atoms with E-state index < -0.39 is 5.97 Å². The lowest BCUT2D eigenvalue weighted by molar-refractivity contribution is -0.132. The predicted molar refractivity (Wildman–Crippen MR) is 70.3 cm³/mol. The first-order valence-corrected chi connectivity index (χ1v) is 6.16. The molecule has 0 unspecified atom stereocenters.